The normalized spacial score (nSPS) is 11.6. The van der Waals surface area contributed by atoms with Gasteiger partial charge in [0, 0.05) is 6.07 Å². The minimum Gasteiger partial charge on any atom is -0.390 e. The zero-order valence-corrected chi connectivity index (χ0v) is 7.05. The molecular weight excluding hydrogens is 204 g/mol. The highest BCUT2D eigenvalue weighted by atomic mass is 32.1. The van der Waals surface area contributed by atoms with Crippen molar-refractivity contribution >= 4 is 16.3 Å². The Labute approximate surface area is 75.6 Å². The van der Waals surface area contributed by atoms with Crippen LogP contribution in [-0.2, 0) is 5.92 Å². The summed E-state index contributed by atoms with van der Waals surface area (Å²) in [5.41, 5.74) is 0. The van der Waals surface area contributed by atoms with Crippen LogP contribution in [0, 0.1) is 10.1 Å². The van der Waals surface area contributed by atoms with Crippen molar-refractivity contribution in [3.8, 4) is 0 Å². The van der Waals surface area contributed by atoms with Crippen molar-refractivity contribution in [2.75, 3.05) is 6.61 Å². The van der Waals surface area contributed by atoms with Crippen LogP contribution >= 0.6 is 11.3 Å². The Balaban J connectivity index is 2.98. The number of rotatable bonds is 3. The lowest BCUT2D eigenvalue weighted by Crippen LogP contribution is -2.16. The smallest absolute Gasteiger partial charge is 0.324 e. The molecule has 0 fully saturated rings. The molecule has 0 aliphatic heterocycles. The van der Waals surface area contributed by atoms with E-state index in [0.29, 0.717) is 11.3 Å². The maximum Gasteiger partial charge on any atom is 0.324 e. The molecule has 1 N–H and O–H groups in total. The van der Waals surface area contributed by atoms with Crippen molar-refractivity contribution in [1.82, 2.24) is 0 Å². The number of aliphatic hydroxyl groups excluding tert-OH is 1. The Kier molecular flexibility index (Phi) is 2.58. The second-order valence-corrected chi connectivity index (χ2v) is 3.32. The molecular formula is C6H5F2NO3S. The van der Waals surface area contributed by atoms with Crippen LogP contribution in [0.5, 0.6) is 0 Å². The number of aliphatic hydroxyl groups is 1. The lowest BCUT2D eigenvalue weighted by atomic mass is 10.3. The summed E-state index contributed by atoms with van der Waals surface area (Å²) in [6.45, 7) is -1.34. The second kappa shape index (κ2) is 3.35. The van der Waals surface area contributed by atoms with Gasteiger partial charge in [0.2, 0.25) is 0 Å². The van der Waals surface area contributed by atoms with Crippen LogP contribution in [-0.4, -0.2) is 16.6 Å². The summed E-state index contributed by atoms with van der Waals surface area (Å²) >= 11 is 0.363. The number of halogens is 2. The maximum absolute atomic E-state index is 12.7. The lowest BCUT2D eigenvalue weighted by molar-refractivity contribution is -0.380. The summed E-state index contributed by atoms with van der Waals surface area (Å²) in [7, 11) is 0. The molecule has 13 heavy (non-hydrogen) atoms. The van der Waals surface area contributed by atoms with Gasteiger partial charge in [0.25, 0.3) is 0 Å². The molecule has 1 rings (SSSR count). The van der Waals surface area contributed by atoms with Crippen LogP contribution in [0.4, 0.5) is 13.8 Å². The second-order valence-electron chi connectivity index (χ2n) is 2.26. The van der Waals surface area contributed by atoms with Crippen molar-refractivity contribution in [2.45, 2.75) is 5.92 Å². The summed E-state index contributed by atoms with van der Waals surface area (Å²) in [5.74, 6) is -3.39. The average Bonchev–Trinajstić information content (AvgIpc) is 2.52. The van der Waals surface area contributed by atoms with Gasteiger partial charge in [-0.05, 0) is 6.07 Å². The first-order valence-electron chi connectivity index (χ1n) is 3.21. The van der Waals surface area contributed by atoms with Crippen molar-refractivity contribution in [2.24, 2.45) is 0 Å². The van der Waals surface area contributed by atoms with Crippen LogP contribution in [0.2, 0.25) is 0 Å². The lowest BCUT2D eigenvalue weighted by Gasteiger charge is -2.08. The fourth-order valence-electron chi connectivity index (χ4n) is 0.700. The highest BCUT2D eigenvalue weighted by Crippen LogP contribution is 2.35. The standard InChI is InChI=1S/C6H5F2NO3S/c7-6(8,3-10)4-1-2-5(13-4)9(11)12/h1-2,10H,3H2. The van der Waals surface area contributed by atoms with Gasteiger partial charge in [0.05, 0.1) is 9.80 Å². The first-order valence-corrected chi connectivity index (χ1v) is 4.02. The van der Waals surface area contributed by atoms with Gasteiger partial charge >= 0.3 is 10.9 Å². The molecule has 0 radical (unpaired) electrons. The van der Waals surface area contributed by atoms with E-state index in [9.17, 15) is 18.9 Å². The van der Waals surface area contributed by atoms with Gasteiger partial charge < -0.3 is 5.11 Å². The number of hydrogen-bond donors (Lipinski definition) is 1. The molecule has 0 atom stereocenters. The molecule has 1 heterocycles. The first-order chi connectivity index (χ1) is 5.97. The van der Waals surface area contributed by atoms with Gasteiger partial charge in [-0.1, -0.05) is 11.3 Å². The van der Waals surface area contributed by atoms with Gasteiger partial charge in [0.15, 0.2) is 0 Å². The zero-order chi connectivity index (χ0) is 10.1. The SMILES string of the molecule is O=[N+]([O-])c1ccc(C(F)(F)CO)s1. The van der Waals surface area contributed by atoms with Gasteiger partial charge in [0.1, 0.15) is 6.61 Å². The summed E-state index contributed by atoms with van der Waals surface area (Å²) in [6.07, 6.45) is 0. The topological polar surface area (TPSA) is 63.4 Å². The molecule has 0 aliphatic carbocycles. The fourth-order valence-corrected chi connectivity index (χ4v) is 1.49. The molecule has 4 nitrogen and oxygen atoms in total. The highest BCUT2D eigenvalue weighted by molar-refractivity contribution is 7.15. The van der Waals surface area contributed by atoms with E-state index in [1.807, 2.05) is 0 Å². The van der Waals surface area contributed by atoms with E-state index in [2.05, 4.69) is 0 Å². The van der Waals surface area contributed by atoms with Crippen molar-refractivity contribution in [1.29, 1.82) is 0 Å². The van der Waals surface area contributed by atoms with Crippen molar-refractivity contribution in [3.63, 3.8) is 0 Å². The van der Waals surface area contributed by atoms with E-state index in [0.717, 1.165) is 12.1 Å². The highest BCUT2D eigenvalue weighted by Gasteiger charge is 2.33. The minimum atomic E-state index is -3.39. The average molecular weight is 209 g/mol. The largest absolute Gasteiger partial charge is 0.390 e. The number of nitro groups is 1. The van der Waals surface area contributed by atoms with E-state index < -0.39 is 22.3 Å². The third-order valence-corrected chi connectivity index (χ3v) is 2.48. The van der Waals surface area contributed by atoms with Gasteiger partial charge in [-0.15, -0.1) is 0 Å². The van der Waals surface area contributed by atoms with Gasteiger partial charge in [-0.25, -0.2) is 0 Å². The monoisotopic (exact) mass is 209 g/mol. The van der Waals surface area contributed by atoms with Crippen LogP contribution in [0.1, 0.15) is 4.88 Å². The van der Waals surface area contributed by atoms with Gasteiger partial charge in [-0.3, -0.25) is 10.1 Å². The number of alkyl halides is 2. The zero-order valence-electron chi connectivity index (χ0n) is 6.24. The molecule has 0 aromatic carbocycles. The predicted octanol–water partition coefficient (Wildman–Crippen LogP) is 1.74. The Morgan fingerprint density at radius 2 is 2.23 bits per heavy atom. The molecule has 72 valence electrons. The third kappa shape index (κ3) is 1.99. The Morgan fingerprint density at radius 1 is 1.62 bits per heavy atom. The fraction of sp³-hybridized carbons (Fsp3) is 0.333. The van der Waals surface area contributed by atoms with Gasteiger partial charge in [-0.2, -0.15) is 8.78 Å². The minimum absolute atomic E-state index is 0.358. The molecule has 0 aliphatic rings. The molecule has 0 unspecified atom stereocenters. The van der Waals surface area contributed by atoms with Crippen LogP contribution in [0.25, 0.3) is 0 Å². The van der Waals surface area contributed by atoms with E-state index in [4.69, 9.17) is 5.11 Å². The van der Waals surface area contributed by atoms with Crippen LogP contribution < -0.4 is 0 Å². The number of nitrogens with zero attached hydrogens (tertiary/aromatic N) is 1. The molecule has 7 heteroatoms. The Bertz CT molecular complexity index is 325. The predicted molar refractivity (Wildman–Crippen MR) is 42.0 cm³/mol. The van der Waals surface area contributed by atoms with E-state index in [1.54, 1.807) is 0 Å². The summed E-state index contributed by atoms with van der Waals surface area (Å²) in [5, 5.41) is 18.1. The van der Waals surface area contributed by atoms with E-state index in [-0.39, 0.29) is 5.00 Å². The number of hydrogen-bond acceptors (Lipinski definition) is 4. The van der Waals surface area contributed by atoms with Crippen molar-refractivity contribution in [3.05, 3.63) is 27.1 Å². The Morgan fingerprint density at radius 3 is 2.62 bits per heavy atom. The third-order valence-electron chi connectivity index (χ3n) is 1.33. The summed E-state index contributed by atoms with van der Waals surface area (Å²) in [4.78, 5) is 8.89. The summed E-state index contributed by atoms with van der Waals surface area (Å²) in [6, 6.07) is 1.93. The molecule has 0 saturated heterocycles. The molecule has 1 aromatic rings. The summed E-state index contributed by atoms with van der Waals surface area (Å²) < 4.78 is 25.4. The van der Waals surface area contributed by atoms with Crippen LogP contribution in [0.3, 0.4) is 0 Å². The molecule has 0 bridgehead atoms. The quantitative estimate of drug-likeness (QED) is 0.609. The van der Waals surface area contributed by atoms with Crippen molar-refractivity contribution < 1.29 is 18.8 Å². The number of thiophene rings is 1. The first kappa shape index (κ1) is 10.0. The van der Waals surface area contributed by atoms with E-state index in [1.165, 1.54) is 0 Å². The molecule has 0 amide bonds. The molecule has 0 spiro atoms. The molecule has 0 saturated carbocycles. The van der Waals surface area contributed by atoms with Crippen LogP contribution in [0.15, 0.2) is 12.1 Å². The maximum atomic E-state index is 12.7. The Hall–Kier alpha value is -1.08. The van der Waals surface area contributed by atoms with E-state index >= 15 is 0 Å². The molecule has 1 aromatic heterocycles.